The Labute approximate surface area is 120 Å². The Morgan fingerprint density at radius 3 is 1.95 bits per heavy atom. The van der Waals surface area contributed by atoms with E-state index in [9.17, 15) is 0 Å². The summed E-state index contributed by atoms with van der Waals surface area (Å²) in [4.78, 5) is 0. The van der Waals surface area contributed by atoms with Crippen LogP contribution in [0.15, 0.2) is 18.2 Å². The van der Waals surface area contributed by atoms with E-state index in [1.54, 1.807) is 16.7 Å². The van der Waals surface area contributed by atoms with Gasteiger partial charge in [0.2, 0.25) is 0 Å². The number of rotatable bonds is 10. The van der Waals surface area contributed by atoms with Gasteiger partial charge in [0.25, 0.3) is 0 Å². The van der Waals surface area contributed by atoms with Crippen LogP contribution in [0.3, 0.4) is 0 Å². The SMILES string of the molecule is CCCCCCc1cccc(CCC)c1CCCC. The molecule has 0 nitrogen and oxygen atoms in total. The maximum absolute atomic E-state index is 2.37. The van der Waals surface area contributed by atoms with Crippen LogP contribution in [-0.2, 0) is 19.3 Å². The molecule has 0 aliphatic carbocycles. The van der Waals surface area contributed by atoms with E-state index in [0.29, 0.717) is 0 Å². The van der Waals surface area contributed by atoms with Gasteiger partial charge in [-0.25, -0.2) is 0 Å². The molecule has 0 aliphatic heterocycles. The minimum atomic E-state index is 1.25. The third-order valence-corrected chi connectivity index (χ3v) is 3.97. The Kier molecular flexibility index (Phi) is 8.62. The summed E-state index contributed by atoms with van der Waals surface area (Å²) in [6, 6.07) is 7.00. The topological polar surface area (TPSA) is 0 Å². The first kappa shape index (κ1) is 16.3. The van der Waals surface area contributed by atoms with Crippen molar-refractivity contribution in [1.82, 2.24) is 0 Å². The molecular weight excluding hydrogens is 228 g/mol. The fraction of sp³-hybridized carbons (Fsp3) is 0.684. The van der Waals surface area contributed by atoms with Gasteiger partial charge in [0.15, 0.2) is 0 Å². The molecule has 0 fully saturated rings. The predicted octanol–water partition coefficient (Wildman–Crippen LogP) is 6.10. The molecule has 0 heteroatoms. The largest absolute Gasteiger partial charge is 0.0654 e. The van der Waals surface area contributed by atoms with E-state index < -0.39 is 0 Å². The number of unbranched alkanes of at least 4 members (excludes halogenated alkanes) is 4. The first-order valence-electron chi connectivity index (χ1n) is 8.43. The van der Waals surface area contributed by atoms with Crippen LogP contribution in [0.2, 0.25) is 0 Å². The van der Waals surface area contributed by atoms with Crippen LogP contribution in [0.1, 0.15) is 82.4 Å². The van der Waals surface area contributed by atoms with Crippen molar-refractivity contribution in [3.8, 4) is 0 Å². The normalized spacial score (nSPS) is 10.9. The number of hydrogen-bond acceptors (Lipinski definition) is 0. The van der Waals surface area contributed by atoms with Gasteiger partial charge in [-0.15, -0.1) is 0 Å². The van der Waals surface area contributed by atoms with Crippen LogP contribution in [0.5, 0.6) is 0 Å². The lowest BCUT2D eigenvalue weighted by Gasteiger charge is -2.14. The summed E-state index contributed by atoms with van der Waals surface area (Å²) in [7, 11) is 0. The average molecular weight is 260 g/mol. The highest BCUT2D eigenvalue weighted by Gasteiger charge is 2.07. The molecule has 108 valence electrons. The second kappa shape index (κ2) is 10.1. The minimum absolute atomic E-state index is 1.25. The second-order valence-electron chi connectivity index (χ2n) is 5.72. The molecule has 0 saturated carbocycles. The summed E-state index contributed by atoms with van der Waals surface area (Å²) in [6.07, 6.45) is 13.2. The lowest BCUT2D eigenvalue weighted by atomic mass is 9.91. The zero-order chi connectivity index (χ0) is 13.9. The molecule has 0 amide bonds. The molecule has 1 aromatic carbocycles. The molecular formula is C19H32. The van der Waals surface area contributed by atoms with Crippen molar-refractivity contribution in [3.63, 3.8) is 0 Å². The van der Waals surface area contributed by atoms with Crippen LogP contribution in [-0.4, -0.2) is 0 Å². The summed E-state index contributed by atoms with van der Waals surface area (Å²) in [5.41, 5.74) is 4.93. The summed E-state index contributed by atoms with van der Waals surface area (Å²) in [5.74, 6) is 0. The van der Waals surface area contributed by atoms with Gasteiger partial charge < -0.3 is 0 Å². The van der Waals surface area contributed by atoms with Gasteiger partial charge in [-0.05, 0) is 48.8 Å². The van der Waals surface area contributed by atoms with E-state index in [2.05, 4.69) is 39.0 Å². The Morgan fingerprint density at radius 2 is 1.32 bits per heavy atom. The van der Waals surface area contributed by atoms with E-state index in [1.165, 1.54) is 64.2 Å². The predicted molar refractivity (Wildman–Crippen MR) is 86.9 cm³/mol. The molecule has 0 atom stereocenters. The van der Waals surface area contributed by atoms with Gasteiger partial charge in [-0.2, -0.15) is 0 Å². The van der Waals surface area contributed by atoms with Crippen molar-refractivity contribution in [2.75, 3.05) is 0 Å². The Hall–Kier alpha value is -0.780. The van der Waals surface area contributed by atoms with E-state index in [0.717, 1.165) is 0 Å². The fourth-order valence-corrected chi connectivity index (χ4v) is 2.84. The average Bonchev–Trinajstić information content (AvgIpc) is 2.43. The molecule has 0 bridgehead atoms. The van der Waals surface area contributed by atoms with Gasteiger partial charge in [0.1, 0.15) is 0 Å². The second-order valence-corrected chi connectivity index (χ2v) is 5.72. The molecule has 0 spiro atoms. The van der Waals surface area contributed by atoms with Crippen molar-refractivity contribution in [1.29, 1.82) is 0 Å². The van der Waals surface area contributed by atoms with Crippen molar-refractivity contribution in [2.45, 2.75) is 85.0 Å². The van der Waals surface area contributed by atoms with Crippen molar-refractivity contribution in [2.24, 2.45) is 0 Å². The van der Waals surface area contributed by atoms with Crippen molar-refractivity contribution >= 4 is 0 Å². The molecule has 0 aromatic heterocycles. The van der Waals surface area contributed by atoms with Crippen LogP contribution in [0.25, 0.3) is 0 Å². The molecule has 1 aromatic rings. The number of benzene rings is 1. The van der Waals surface area contributed by atoms with Crippen LogP contribution in [0, 0.1) is 0 Å². The smallest absolute Gasteiger partial charge is 0.0274 e. The highest BCUT2D eigenvalue weighted by molar-refractivity contribution is 5.35. The lowest BCUT2D eigenvalue weighted by Crippen LogP contribution is -2.01. The molecule has 0 N–H and O–H groups in total. The molecule has 0 aliphatic rings. The molecule has 0 unspecified atom stereocenters. The van der Waals surface area contributed by atoms with Gasteiger partial charge in [0, 0.05) is 0 Å². The quantitative estimate of drug-likeness (QED) is 0.446. The van der Waals surface area contributed by atoms with E-state index >= 15 is 0 Å². The van der Waals surface area contributed by atoms with Crippen molar-refractivity contribution < 1.29 is 0 Å². The fourth-order valence-electron chi connectivity index (χ4n) is 2.84. The van der Waals surface area contributed by atoms with Gasteiger partial charge in [-0.3, -0.25) is 0 Å². The maximum atomic E-state index is 2.37. The Bertz CT molecular complexity index is 338. The summed E-state index contributed by atoms with van der Waals surface area (Å²) in [6.45, 7) is 6.87. The molecule has 19 heavy (non-hydrogen) atoms. The third kappa shape index (κ3) is 5.80. The van der Waals surface area contributed by atoms with Crippen LogP contribution in [0.4, 0.5) is 0 Å². The Balaban J connectivity index is 2.72. The number of hydrogen-bond donors (Lipinski definition) is 0. The third-order valence-electron chi connectivity index (χ3n) is 3.97. The van der Waals surface area contributed by atoms with Crippen molar-refractivity contribution in [3.05, 3.63) is 34.9 Å². The lowest BCUT2D eigenvalue weighted by molar-refractivity contribution is 0.661. The first-order valence-corrected chi connectivity index (χ1v) is 8.43. The highest BCUT2D eigenvalue weighted by atomic mass is 14.1. The molecule has 0 heterocycles. The monoisotopic (exact) mass is 260 g/mol. The summed E-state index contributed by atoms with van der Waals surface area (Å²) >= 11 is 0. The zero-order valence-corrected chi connectivity index (χ0v) is 13.3. The molecule has 0 saturated heterocycles. The summed E-state index contributed by atoms with van der Waals surface area (Å²) < 4.78 is 0. The highest BCUT2D eigenvalue weighted by Crippen LogP contribution is 2.21. The summed E-state index contributed by atoms with van der Waals surface area (Å²) in [5, 5.41) is 0. The van der Waals surface area contributed by atoms with Crippen LogP contribution >= 0.6 is 0 Å². The molecule has 1 rings (SSSR count). The zero-order valence-electron chi connectivity index (χ0n) is 13.3. The Morgan fingerprint density at radius 1 is 0.632 bits per heavy atom. The molecule has 0 radical (unpaired) electrons. The van der Waals surface area contributed by atoms with E-state index in [-0.39, 0.29) is 0 Å². The first-order chi connectivity index (χ1) is 9.33. The van der Waals surface area contributed by atoms with Crippen LogP contribution < -0.4 is 0 Å². The van der Waals surface area contributed by atoms with E-state index in [1.807, 2.05) is 0 Å². The van der Waals surface area contributed by atoms with Gasteiger partial charge in [0.05, 0.1) is 0 Å². The number of aryl methyl sites for hydroxylation is 2. The van der Waals surface area contributed by atoms with E-state index in [4.69, 9.17) is 0 Å². The standard InChI is InChI=1S/C19H32/c1-4-7-9-10-13-18-15-11-14-17(12-6-3)19(18)16-8-5-2/h11,14-15H,4-10,12-13,16H2,1-3H3. The maximum Gasteiger partial charge on any atom is -0.0274 e. The minimum Gasteiger partial charge on any atom is -0.0654 e. The van der Waals surface area contributed by atoms with Gasteiger partial charge >= 0.3 is 0 Å². The van der Waals surface area contributed by atoms with Gasteiger partial charge in [-0.1, -0.05) is 71.1 Å².